The smallest absolute Gasteiger partial charge is 0.251 e. The lowest BCUT2D eigenvalue weighted by atomic mass is 9.80. The molecule has 0 spiro atoms. The van der Waals surface area contributed by atoms with Crippen molar-refractivity contribution in [3.63, 3.8) is 0 Å². The number of aliphatic hydroxyl groups is 1. The standard InChI is InChI=1S/C32H30F3N5O5/c1-29(28(36)42)16-45-26-21(29)13-23(38-25(26)17-3-5-20(33)6-4-17)32(43,30(34)7-8-30)15-37-27(41)18-11-19-14-40(31(35)9-10-31)39-24(19)22(12-18)44-2/h3-6,11-14,43H,7-10,15-16H2,1-2H3,(H2,36,42)(H,37,41)/t29-,32-/m0/s1. The van der Waals surface area contributed by atoms with Crippen molar-refractivity contribution in [2.24, 2.45) is 5.73 Å². The molecule has 2 aromatic heterocycles. The van der Waals surface area contributed by atoms with Gasteiger partial charge in [0, 0.05) is 41.1 Å². The van der Waals surface area contributed by atoms with Crippen LogP contribution in [-0.4, -0.2) is 57.6 Å². The third kappa shape index (κ3) is 4.51. The van der Waals surface area contributed by atoms with Crippen LogP contribution < -0.4 is 20.5 Å². The predicted molar refractivity (Wildman–Crippen MR) is 156 cm³/mol. The highest BCUT2D eigenvalue weighted by molar-refractivity contribution is 6.00. The van der Waals surface area contributed by atoms with Gasteiger partial charge in [0.1, 0.15) is 46.2 Å². The summed E-state index contributed by atoms with van der Waals surface area (Å²) in [6, 6.07) is 9.68. The van der Waals surface area contributed by atoms with Gasteiger partial charge in [-0.25, -0.2) is 22.8 Å². The van der Waals surface area contributed by atoms with E-state index in [0.29, 0.717) is 34.9 Å². The molecule has 2 fully saturated rings. The monoisotopic (exact) mass is 621 g/mol. The molecule has 234 valence electrons. The molecular formula is C32H30F3N5O5. The van der Waals surface area contributed by atoms with Crippen molar-refractivity contribution in [1.29, 1.82) is 0 Å². The van der Waals surface area contributed by atoms with E-state index in [-0.39, 0.29) is 47.9 Å². The van der Waals surface area contributed by atoms with E-state index in [2.05, 4.69) is 15.4 Å². The van der Waals surface area contributed by atoms with E-state index in [1.54, 1.807) is 6.92 Å². The number of nitrogens with two attached hydrogens (primary N) is 1. The van der Waals surface area contributed by atoms with Crippen LogP contribution in [0, 0.1) is 5.82 Å². The van der Waals surface area contributed by atoms with E-state index in [1.807, 2.05) is 0 Å². The number of amides is 2. The zero-order valence-corrected chi connectivity index (χ0v) is 24.5. The van der Waals surface area contributed by atoms with E-state index in [9.17, 15) is 23.5 Å². The zero-order chi connectivity index (χ0) is 31.9. The number of halogens is 3. The summed E-state index contributed by atoms with van der Waals surface area (Å²) in [5.74, 6) is -2.95. The zero-order valence-electron chi connectivity index (χ0n) is 24.5. The molecule has 45 heavy (non-hydrogen) atoms. The van der Waals surface area contributed by atoms with Gasteiger partial charge < -0.3 is 25.6 Å². The minimum atomic E-state index is -2.33. The van der Waals surface area contributed by atoms with Crippen LogP contribution in [0.4, 0.5) is 13.2 Å². The highest BCUT2D eigenvalue weighted by Crippen LogP contribution is 2.55. The number of fused-ring (bicyclic) bond motifs is 2. The maximum atomic E-state index is 16.1. The topological polar surface area (TPSA) is 142 Å². The summed E-state index contributed by atoms with van der Waals surface area (Å²) >= 11 is 0. The molecule has 1 aliphatic heterocycles. The van der Waals surface area contributed by atoms with Gasteiger partial charge in [0.15, 0.2) is 5.60 Å². The normalized spacial score (nSPS) is 21.8. The molecule has 2 atom stereocenters. The number of aromatic nitrogens is 3. The number of methoxy groups -OCH3 is 1. The van der Waals surface area contributed by atoms with Gasteiger partial charge in [-0.1, -0.05) is 0 Å². The Morgan fingerprint density at radius 2 is 1.87 bits per heavy atom. The fourth-order valence-corrected chi connectivity index (χ4v) is 5.84. The van der Waals surface area contributed by atoms with Gasteiger partial charge in [-0.2, -0.15) is 5.10 Å². The number of benzene rings is 2. The molecule has 0 radical (unpaired) electrons. The molecule has 2 saturated carbocycles. The van der Waals surface area contributed by atoms with E-state index < -0.39 is 46.7 Å². The van der Waals surface area contributed by atoms with Crippen molar-refractivity contribution in [2.75, 3.05) is 20.3 Å². The Morgan fingerprint density at radius 3 is 2.49 bits per heavy atom. The molecule has 2 aliphatic carbocycles. The Kier molecular flexibility index (Phi) is 6.25. The van der Waals surface area contributed by atoms with Crippen LogP contribution >= 0.6 is 0 Å². The second kappa shape index (κ2) is 9.67. The second-order valence-corrected chi connectivity index (χ2v) is 12.3. The third-order valence-electron chi connectivity index (χ3n) is 9.22. The maximum Gasteiger partial charge on any atom is 0.251 e. The first-order valence-corrected chi connectivity index (χ1v) is 14.5. The molecule has 0 saturated heterocycles. The van der Waals surface area contributed by atoms with Gasteiger partial charge in [-0.05, 0) is 62.2 Å². The first-order chi connectivity index (χ1) is 21.3. The number of hydrogen-bond acceptors (Lipinski definition) is 7. The summed E-state index contributed by atoms with van der Waals surface area (Å²) in [6.45, 7) is 0.873. The number of ether oxygens (including phenoxy) is 2. The highest BCUT2D eigenvalue weighted by Gasteiger charge is 2.62. The Balaban J connectivity index is 1.27. The lowest BCUT2D eigenvalue weighted by molar-refractivity contribution is -0.123. The second-order valence-electron chi connectivity index (χ2n) is 12.3. The lowest BCUT2D eigenvalue weighted by Gasteiger charge is -2.33. The molecule has 4 N–H and O–H groups in total. The number of primary amides is 1. The Morgan fingerprint density at radius 1 is 1.16 bits per heavy atom. The first kappa shape index (κ1) is 29.1. The molecule has 0 bridgehead atoms. The van der Waals surface area contributed by atoms with Crippen LogP contribution in [0.15, 0.2) is 48.7 Å². The molecule has 3 aliphatic rings. The largest absolute Gasteiger partial charge is 0.494 e. The number of nitrogens with one attached hydrogen (secondary N) is 1. The summed E-state index contributed by atoms with van der Waals surface area (Å²) in [6.07, 6.45) is 2.17. The lowest BCUT2D eigenvalue weighted by Crippen LogP contribution is -2.49. The average molecular weight is 622 g/mol. The molecule has 0 unspecified atom stereocenters. The Hall–Kier alpha value is -4.65. The van der Waals surface area contributed by atoms with Gasteiger partial charge in [0.05, 0.1) is 19.3 Å². The van der Waals surface area contributed by atoms with E-state index in [0.717, 1.165) is 0 Å². The number of alkyl halides is 2. The van der Waals surface area contributed by atoms with Crippen LogP contribution in [0.1, 0.15) is 54.2 Å². The van der Waals surface area contributed by atoms with Crippen molar-refractivity contribution in [2.45, 2.75) is 55.1 Å². The predicted octanol–water partition coefficient (Wildman–Crippen LogP) is 3.92. The molecule has 3 heterocycles. The summed E-state index contributed by atoms with van der Waals surface area (Å²) < 4.78 is 57.1. The van der Waals surface area contributed by atoms with Gasteiger partial charge in [-0.3, -0.25) is 9.59 Å². The van der Waals surface area contributed by atoms with Crippen molar-refractivity contribution in [3.05, 3.63) is 71.3 Å². The summed E-state index contributed by atoms with van der Waals surface area (Å²) in [7, 11) is 1.40. The van der Waals surface area contributed by atoms with E-state index >= 15 is 4.39 Å². The van der Waals surface area contributed by atoms with Gasteiger partial charge in [0.25, 0.3) is 5.91 Å². The molecule has 4 aromatic rings. The van der Waals surface area contributed by atoms with Gasteiger partial charge in [-0.15, -0.1) is 0 Å². The van der Waals surface area contributed by atoms with Crippen molar-refractivity contribution >= 4 is 22.7 Å². The molecule has 2 amide bonds. The minimum Gasteiger partial charge on any atom is -0.494 e. The number of carbonyl (C=O) groups is 2. The van der Waals surface area contributed by atoms with E-state index in [1.165, 1.54) is 60.5 Å². The average Bonchev–Trinajstić information content (AvgIpc) is 3.88. The minimum absolute atomic E-state index is 0.00243. The van der Waals surface area contributed by atoms with Crippen molar-refractivity contribution in [3.8, 4) is 22.8 Å². The number of pyridine rings is 1. The summed E-state index contributed by atoms with van der Waals surface area (Å²) in [5.41, 5.74) is 1.16. The SMILES string of the molecule is COc1cc(C(=O)NC[C@](O)(c2cc3c(c(-c4ccc(F)cc4)n2)OC[C@]3(C)C(N)=O)C2(F)CC2)cc2cn(C3(F)CC3)nc12. The van der Waals surface area contributed by atoms with Crippen molar-refractivity contribution in [1.82, 2.24) is 20.1 Å². The Bertz CT molecular complexity index is 1890. The number of carbonyl (C=O) groups excluding carboxylic acids is 2. The van der Waals surface area contributed by atoms with Crippen LogP contribution in [0.5, 0.6) is 11.5 Å². The van der Waals surface area contributed by atoms with Crippen LogP contribution in [0.25, 0.3) is 22.2 Å². The quantitative estimate of drug-likeness (QED) is 0.257. The molecule has 10 nitrogen and oxygen atoms in total. The van der Waals surface area contributed by atoms with Gasteiger partial charge in [0.2, 0.25) is 11.7 Å². The maximum absolute atomic E-state index is 16.1. The molecule has 7 rings (SSSR count). The summed E-state index contributed by atoms with van der Waals surface area (Å²) in [4.78, 5) is 30.6. The summed E-state index contributed by atoms with van der Waals surface area (Å²) in [5, 5.41) is 19.5. The molecular weight excluding hydrogens is 591 g/mol. The fourth-order valence-electron chi connectivity index (χ4n) is 5.84. The number of rotatable bonds is 9. The Labute approximate surface area is 255 Å². The molecule has 2 aromatic carbocycles. The van der Waals surface area contributed by atoms with Crippen LogP contribution in [0.2, 0.25) is 0 Å². The van der Waals surface area contributed by atoms with Crippen molar-refractivity contribution < 1.29 is 37.3 Å². The van der Waals surface area contributed by atoms with Crippen LogP contribution in [-0.2, 0) is 21.6 Å². The first-order valence-electron chi connectivity index (χ1n) is 14.5. The van der Waals surface area contributed by atoms with Crippen LogP contribution in [0.3, 0.4) is 0 Å². The highest BCUT2D eigenvalue weighted by atomic mass is 19.2. The number of nitrogens with zero attached hydrogens (tertiary/aromatic N) is 3. The number of hydrogen-bond donors (Lipinski definition) is 3. The van der Waals surface area contributed by atoms with E-state index in [4.69, 9.17) is 15.2 Å². The van der Waals surface area contributed by atoms with Gasteiger partial charge >= 0.3 is 0 Å². The molecule has 13 heteroatoms. The third-order valence-corrected chi connectivity index (χ3v) is 9.22. The fraction of sp³-hybridized carbons (Fsp3) is 0.375.